The molecule has 1 heterocycles. The van der Waals surface area contributed by atoms with Crippen LogP contribution < -0.4 is 0 Å². The summed E-state index contributed by atoms with van der Waals surface area (Å²) in [4.78, 5) is 11.0. The number of hydrogen-bond acceptors (Lipinski definition) is 4. The van der Waals surface area contributed by atoms with Crippen LogP contribution in [-0.2, 0) is 4.79 Å². The highest BCUT2D eigenvalue weighted by molar-refractivity contribution is 5.67. The third kappa shape index (κ3) is 2.38. The zero-order valence-corrected chi connectivity index (χ0v) is 10.6. The summed E-state index contributed by atoms with van der Waals surface area (Å²) in [5.74, 6) is -0.799. The van der Waals surface area contributed by atoms with Crippen molar-refractivity contribution in [2.75, 3.05) is 0 Å². The number of tetrazole rings is 1. The zero-order valence-electron chi connectivity index (χ0n) is 10.6. The molecule has 1 aliphatic rings. The van der Waals surface area contributed by atoms with E-state index in [1.807, 2.05) is 0 Å². The molecular weight excluding hydrogens is 263 g/mol. The van der Waals surface area contributed by atoms with Crippen molar-refractivity contribution in [1.82, 2.24) is 20.2 Å². The Morgan fingerprint density at radius 2 is 2.20 bits per heavy atom. The first-order valence-electron chi connectivity index (χ1n) is 6.41. The van der Waals surface area contributed by atoms with Crippen LogP contribution in [0.2, 0.25) is 0 Å². The van der Waals surface area contributed by atoms with Crippen LogP contribution in [-0.4, -0.2) is 31.3 Å². The number of carboxylic acid groups (broad SMARTS) is 1. The molecule has 20 heavy (non-hydrogen) atoms. The summed E-state index contributed by atoms with van der Waals surface area (Å²) < 4.78 is 15.3. The Kier molecular flexibility index (Phi) is 3.17. The Morgan fingerprint density at radius 3 is 2.85 bits per heavy atom. The molecular formula is C13H13FN4O2. The van der Waals surface area contributed by atoms with E-state index in [0.717, 1.165) is 12.8 Å². The Balaban J connectivity index is 2.00. The molecule has 0 amide bonds. The van der Waals surface area contributed by atoms with Crippen molar-refractivity contribution >= 4 is 5.97 Å². The number of aromatic nitrogens is 4. The molecule has 1 aromatic heterocycles. The summed E-state index contributed by atoms with van der Waals surface area (Å²) in [7, 11) is 0. The summed E-state index contributed by atoms with van der Waals surface area (Å²) in [6, 6.07) is 5.88. The zero-order chi connectivity index (χ0) is 14.1. The van der Waals surface area contributed by atoms with Crippen molar-refractivity contribution in [2.45, 2.75) is 25.3 Å². The molecule has 0 spiro atoms. The predicted molar refractivity (Wildman–Crippen MR) is 67.2 cm³/mol. The van der Waals surface area contributed by atoms with Gasteiger partial charge in [-0.25, -0.2) is 9.07 Å². The van der Waals surface area contributed by atoms with Crippen LogP contribution in [0, 0.1) is 11.7 Å². The Labute approximate surface area is 114 Å². The molecule has 0 saturated heterocycles. The molecule has 104 valence electrons. The van der Waals surface area contributed by atoms with Crippen LogP contribution >= 0.6 is 0 Å². The lowest BCUT2D eigenvalue weighted by Crippen LogP contribution is -2.18. The van der Waals surface area contributed by atoms with Crippen molar-refractivity contribution < 1.29 is 14.3 Å². The monoisotopic (exact) mass is 276 g/mol. The molecule has 3 rings (SSSR count). The van der Waals surface area contributed by atoms with E-state index < -0.39 is 11.8 Å². The molecule has 2 aromatic rings. The fourth-order valence-corrected chi connectivity index (χ4v) is 2.35. The Hall–Kier alpha value is -2.31. The van der Waals surface area contributed by atoms with Gasteiger partial charge in [-0.15, -0.1) is 5.10 Å². The average Bonchev–Trinajstić information content (AvgIpc) is 3.14. The highest BCUT2D eigenvalue weighted by Crippen LogP contribution is 2.42. The first kappa shape index (κ1) is 12.7. The lowest BCUT2D eigenvalue weighted by atomic mass is 10.1. The van der Waals surface area contributed by atoms with Gasteiger partial charge in [-0.05, 0) is 41.3 Å². The maximum atomic E-state index is 13.9. The topological polar surface area (TPSA) is 80.9 Å². The predicted octanol–water partition coefficient (Wildman–Crippen LogP) is 1.90. The number of rotatable bonds is 5. The van der Waals surface area contributed by atoms with E-state index >= 15 is 0 Å². The Bertz CT molecular complexity index is 639. The molecule has 1 unspecified atom stereocenters. The van der Waals surface area contributed by atoms with Crippen LogP contribution in [0.25, 0.3) is 11.4 Å². The largest absolute Gasteiger partial charge is 0.481 e. The standard InChI is InChI=1S/C13H13FN4O2/c14-10-4-2-1-3-9(10)13-15-16-17-18(13)11(7-12(19)20)8-5-6-8/h1-4,8,11H,5-7H2,(H,19,20). The van der Waals surface area contributed by atoms with Crippen molar-refractivity contribution in [2.24, 2.45) is 5.92 Å². The molecule has 1 saturated carbocycles. The number of halogens is 1. The van der Waals surface area contributed by atoms with Gasteiger partial charge >= 0.3 is 5.97 Å². The molecule has 1 N–H and O–H groups in total. The van der Waals surface area contributed by atoms with E-state index in [1.165, 1.54) is 10.7 Å². The number of nitrogens with zero attached hydrogens (tertiary/aromatic N) is 4. The van der Waals surface area contributed by atoms with Gasteiger partial charge < -0.3 is 5.11 Å². The second-order valence-corrected chi connectivity index (χ2v) is 4.93. The van der Waals surface area contributed by atoms with E-state index in [0.29, 0.717) is 0 Å². The summed E-state index contributed by atoms with van der Waals surface area (Å²) in [5, 5.41) is 20.3. The van der Waals surface area contributed by atoms with E-state index in [2.05, 4.69) is 15.5 Å². The van der Waals surface area contributed by atoms with E-state index in [9.17, 15) is 9.18 Å². The molecule has 1 fully saturated rings. The number of carbonyl (C=O) groups is 1. The van der Waals surface area contributed by atoms with Gasteiger partial charge in [0, 0.05) is 0 Å². The van der Waals surface area contributed by atoms with Crippen molar-refractivity contribution in [3.05, 3.63) is 30.1 Å². The number of carboxylic acids is 1. The van der Waals surface area contributed by atoms with Crippen LogP contribution in [0.3, 0.4) is 0 Å². The van der Waals surface area contributed by atoms with Crippen LogP contribution in [0.1, 0.15) is 25.3 Å². The second-order valence-electron chi connectivity index (χ2n) is 4.93. The fourth-order valence-electron chi connectivity index (χ4n) is 2.35. The van der Waals surface area contributed by atoms with E-state index in [1.54, 1.807) is 18.2 Å². The summed E-state index contributed by atoms with van der Waals surface area (Å²) in [6.45, 7) is 0. The smallest absolute Gasteiger partial charge is 0.305 e. The normalized spacial score (nSPS) is 16.1. The quantitative estimate of drug-likeness (QED) is 0.902. The maximum absolute atomic E-state index is 13.9. The van der Waals surface area contributed by atoms with Crippen molar-refractivity contribution in [1.29, 1.82) is 0 Å². The van der Waals surface area contributed by atoms with E-state index in [4.69, 9.17) is 5.11 Å². The summed E-state index contributed by atoms with van der Waals surface area (Å²) in [5.41, 5.74) is 0.286. The molecule has 0 aliphatic heterocycles. The van der Waals surface area contributed by atoms with Gasteiger partial charge in [-0.3, -0.25) is 4.79 Å². The maximum Gasteiger partial charge on any atom is 0.305 e. The molecule has 1 aliphatic carbocycles. The minimum atomic E-state index is -0.906. The molecule has 0 bridgehead atoms. The molecule has 1 atom stereocenters. The molecule has 0 radical (unpaired) electrons. The van der Waals surface area contributed by atoms with Gasteiger partial charge in [0.05, 0.1) is 18.0 Å². The van der Waals surface area contributed by atoms with Crippen molar-refractivity contribution in [3.63, 3.8) is 0 Å². The van der Waals surface area contributed by atoms with Crippen molar-refractivity contribution in [3.8, 4) is 11.4 Å². The first-order valence-corrected chi connectivity index (χ1v) is 6.41. The third-order valence-electron chi connectivity index (χ3n) is 3.47. The number of hydrogen-bond donors (Lipinski definition) is 1. The third-order valence-corrected chi connectivity index (χ3v) is 3.47. The van der Waals surface area contributed by atoms with Gasteiger partial charge in [-0.2, -0.15) is 0 Å². The van der Waals surface area contributed by atoms with Gasteiger partial charge in [0.2, 0.25) is 0 Å². The molecule has 7 heteroatoms. The first-order chi connectivity index (χ1) is 9.66. The lowest BCUT2D eigenvalue weighted by Gasteiger charge is -2.15. The number of benzene rings is 1. The second kappa shape index (κ2) is 4.99. The SMILES string of the molecule is O=C(O)CC(C1CC1)n1nnnc1-c1ccccc1F. The van der Waals surface area contributed by atoms with Gasteiger partial charge in [0.1, 0.15) is 5.82 Å². The Morgan fingerprint density at radius 1 is 1.45 bits per heavy atom. The van der Waals surface area contributed by atoms with Crippen LogP contribution in [0.4, 0.5) is 4.39 Å². The van der Waals surface area contributed by atoms with Crippen LogP contribution in [0.5, 0.6) is 0 Å². The lowest BCUT2D eigenvalue weighted by molar-refractivity contribution is -0.138. The van der Waals surface area contributed by atoms with Gasteiger partial charge in [0.15, 0.2) is 5.82 Å². The minimum Gasteiger partial charge on any atom is -0.481 e. The summed E-state index contributed by atoms with van der Waals surface area (Å²) >= 11 is 0. The van der Waals surface area contributed by atoms with Crippen LogP contribution in [0.15, 0.2) is 24.3 Å². The minimum absolute atomic E-state index is 0.0584. The molecule has 1 aromatic carbocycles. The highest BCUT2D eigenvalue weighted by atomic mass is 19.1. The van der Waals surface area contributed by atoms with E-state index in [-0.39, 0.29) is 29.8 Å². The van der Waals surface area contributed by atoms with Gasteiger partial charge in [-0.1, -0.05) is 12.1 Å². The summed E-state index contributed by atoms with van der Waals surface area (Å²) in [6.07, 6.45) is 1.85. The fraction of sp³-hybridized carbons (Fsp3) is 0.385. The van der Waals surface area contributed by atoms with Gasteiger partial charge in [0.25, 0.3) is 0 Å². The number of aliphatic carboxylic acids is 1. The molecule has 6 nitrogen and oxygen atoms in total. The average molecular weight is 276 g/mol. The highest BCUT2D eigenvalue weighted by Gasteiger charge is 2.36.